The van der Waals surface area contributed by atoms with Gasteiger partial charge in [-0.3, -0.25) is 9.59 Å². The molecule has 0 bridgehead atoms. The van der Waals surface area contributed by atoms with Crippen molar-refractivity contribution >= 4 is 41.0 Å². The average molecular weight is 697 g/mol. The van der Waals surface area contributed by atoms with Gasteiger partial charge in [0.05, 0.1) is 41.7 Å². The average Bonchev–Trinajstić information content (AvgIpc) is 3.06. The number of aliphatic hydroxyl groups is 1. The van der Waals surface area contributed by atoms with Crippen LogP contribution >= 0.6 is 12.2 Å². The van der Waals surface area contributed by atoms with Crippen molar-refractivity contribution in [2.75, 3.05) is 13.7 Å². The number of thiocarbonyl (C=S) groups is 1. The first kappa shape index (κ1) is 37.0. The fraction of sp³-hybridized carbons (Fsp3) is 0.297. The zero-order chi connectivity index (χ0) is 35.9. The Hall–Kier alpha value is -4.81. The van der Waals surface area contributed by atoms with E-state index in [9.17, 15) is 37.8 Å². The number of rotatable bonds is 13. The third-order valence-corrected chi connectivity index (χ3v) is 8.12. The van der Waals surface area contributed by atoms with Gasteiger partial charge >= 0.3 is 12.1 Å². The van der Waals surface area contributed by atoms with Crippen LogP contribution in [-0.4, -0.2) is 40.5 Å². The van der Waals surface area contributed by atoms with Crippen LogP contribution < -0.4 is 20.8 Å². The highest BCUT2D eigenvalue weighted by molar-refractivity contribution is 7.81. The van der Waals surface area contributed by atoms with Crippen molar-refractivity contribution in [1.82, 2.24) is 0 Å². The molecule has 1 aromatic heterocycles. The topological polar surface area (TPSA) is 123 Å². The van der Waals surface area contributed by atoms with Gasteiger partial charge in [-0.25, -0.2) is 4.79 Å². The molecule has 0 aliphatic heterocycles. The summed E-state index contributed by atoms with van der Waals surface area (Å²) in [6, 6.07) is 7.21. The highest BCUT2D eigenvalue weighted by atomic mass is 32.1. The summed E-state index contributed by atoms with van der Waals surface area (Å²) in [6.45, 7) is 3.50. The molecule has 0 fully saturated rings. The van der Waals surface area contributed by atoms with Gasteiger partial charge in [0, 0.05) is 22.8 Å². The van der Waals surface area contributed by atoms with E-state index < -0.39 is 40.9 Å². The predicted molar refractivity (Wildman–Crippen MR) is 181 cm³/mol. The zero-order valence-electron chi connectivity index (χ0n) is 27.0. The van der Waals surface area contributed by atoms with Gasteiger partial charge in [-0.05, 0) is 55.7 Å². The van der Waals surface area contributed by atoms with Crippen molar-refractivity contribution in [3.05, 3.63) is 115 Å². The molecule has 2 atom stereocenters. The van der Waals surface area contributed by atoms with E-state index in [1.165, 1.54) is 43.4 Å². The van der Waals surface area contributed by atoms with Crippen LogP contribution in [0.5, 0.6) is 11.5 Å². The Labute approximate surface area is 285 Å². The molecule has 3 aromatic rings. The van der Waals surface area contributed by atoms with Crippen LogP contribution in [0.4, 0.5) is 13.2 Å². The number of hydrogen-bond acceptors (Lipinski definition) is 9. The van der Waals surface area contributed by atoms with Crippen LogP contribution in [0.3, 0.4) is 0 Å². The number of fused-ring (bicyclic) bond motifs is 1. The molecular formula is C37H35F3O8S. The lowest BCUT2D eigenvalue weighted by Crippen LogP contribution is -2.45. The Morgan fingerprint density at radius 3 is 2.59 bits per heavy atom. The maximum atomic E-state index is 13.9. The number of ether oxygens (including phenoxy) is 2. The quantitative estimate of drug-likeness (QED) is 0.0724. The Morgan fingerprint density at radius 1 is 1.16 bits per heavy atom. The minimum atomic E-state index is -4.69. The molecule has 1 aliphatic carbocycles. The van der Waals surface area contributed by atoms with E-state index in [1.807, 2.05) is 6.92 Å². The van der Waals surface area contributed by atoms with E-state index in [-0.39, 0.29) is 51.9 Å². The highest BCUT2D eigenvalue weighted by Crippen LogP contribution is 2.36. The smallest absolute Gasteiger partial charge is 0.416 e. The maximum absolute atomic E-state index is 13.9. The minimum absolute atomic E-state index is 0.0351. The first-order chi connectivity index (χ1) is 23.3. The molecule has 0 spiro atoms. The SMILES string of the molecule is CCCc1c(OCC/C=C\C=C\[C@H](c2c(C(=O)OC)oc3c(c2=O)=CCC(=S)C=3)[C@H](O)c2cccc(C(F)(F)F)c2)ccc(C(C)=O)c1O. The van der Waals surface area contributed by atoms with Gasteiger partial charge in [0.15, 0.2) is 11.2 Å². The molecule has 49 heavy (non-hydrogen) atoms. The summed E-state index contributed by atoms with van der Waals surface area (Å²) in [7, 11) is 1.08. The largest absolute Gasteiger partial charge is 0.507 e. The lowest BCUT2D eigenvalue weighted by atomic mass is 9.86. The van der Waals surface area contributed by atoms with Gasteiger partial charge in [0.2, 0.25) is 5.76 Å². The fourth-order valence-electron chi connectivity index (χ4n) is 5.43. The number of carbonyl (C=O) groups excluding carboxylic acids is 2. The number of aromatic hydroxyl groups is 1. The molecule has 0 saturated carbocycles. The van der Waals surface area contributed by atoms with Gasteiger partial charge in [-0.15, -0.1) is 0 Å². The van der Waals surface area contributed by atoms with Gasteiger partial charge in [0.25, 0.3) is 0 Å². The number of hydrogen-bond donors (Lipinski definition) is 2. The molecule has 0 amide bonds. The first-order valence-electron chi connectivity index (χ1n) is 15.5. The van der Waals surface area contributed by atoms with E-state index in [4.69, 9.17) is 26.1 Å². The second-order valence-corrected chi connectivity index (χ2v) is 11.8. The molecule has 0 unspecified atom stereocenters. The number of allylic oxidation sites excluding steroid dienone is 2. The number of carbonyl (C=O) groups is 2. The number of phenolic OH excluding ortho intramolecular Hbond substituents is 1. The van der Waals surface area contributed by atoms with Crippen LogP contribution in [0.25, 0.3) is 12.2 Å². The lowest BCUT2D eigenvalue weighted by Gasteiger charge is -2.22. The Balaban J connectivity index is 1.68. The van der Waals surface area contributed by atoms with Crippen molar-refractivity contribution in [2.45, 2.75) is 57.7 Å². The molecule has 4 rings (SSSR count). The molecular weight excluding hydrogens is 661 g/mol. The monoisotopic (exact) mass is 696 g/mol. The molecule has 2 aromatic carbocycles. The summed E-state index contributed by atoms with van der Waals surface area (Å²) in [4.78, 5) is 39.1. The van der Waals surface area contributed by atoms with Crippen molar-refractivity contribution in [1.29, 1.82) is 0 Å². The highest BCUT2D eigenvalue weighted by Gasteiger charge is 2.34. The van der Waals surface area contributed by atoms with E-state index in [1.54, 1.807) is 18.2 Å². The Kier molecular flexibility index (Phi) is 12.1. The standard InChI is InChI=1S/C37H35F3O8S/c1-4-10-26-29(17-16-25(21(2)41)33(26)43)47-18-8-6-5-7-13-28(32(42)22-11-9-12-23(19-22)37(38,39)40)31-34(44)27-15-14-24(49)20-30(27)48-35(31)36(45)46-3/h5-7,9,11-13,15-17,19-20,28,32,42-43H,4,8,10,14,18H2,1-3H3/b6-5-,13-7+/t28-,32-/m1/s1. The second kappa shape index (κ2) is 16.1. The third-order valence-electron chi connectivity index (χ3n) is 7.84. The fourth-order valence-corrected chi connectivity index (χ4v) is 5.62. The summed E-state index contributed by atoms with van der Waals surface area (Å²) in [5, 5.41) is 22.2. The first-order valence-corrected chi connectivity index (χ1v) is 15.9. The number of alkyl halides is 3. The van der Waals surface area contributed by atoms with E-state index in [0.29, 0.717) is 35.4 Å². The van der Waals surface area contributed by atoms with E-state index >= 15 is 0 Å². The maximum Gasteiger partial charge on any atom is 0.416 e. The van der Waals surface area contributed by atoms with Gasteiger partial charge in [-0.1, -0.05) is 68.1 Å². The molecule has 8 nitrogen and oxygen atoms in total. The third kappa shape index (κ3) is 8.62. The van der Waals surface area contributed by atoms with E-state index in [2.05, 4.69) is 0 Å². The number of ketones is 1. The number of Topliss-reactive ketones (excluding diaryl/α,β-unsaturated/α-hetero) is 1. The molecule has 12 heteroatoms. The van der Waals surface area contributed by atoms with Crippen LogP contribution in [0.2, 0.25) is 0 Å². The molecule has 1 heterocycles. The van der Waals surface area contributed by atoms with Crippen molar-refractivity contribution in [2.24, 2.45) is 0 Å². The second-order valence-electron chi connectivity index (χ2n) is 11.3. The van der Waals surface area contributed by atoms with Crippen LogP contribution in [0, 0.1) is 0 Å². The zero-order valence-corrected chi connectivity index (χ0v) is 27.8. The molecule has 2 N–H and O–H groups in total. The number of aliphatic hydroxyl groups excluding tert-OH is 1. The van der Waals surface area contributed by atoms with Gasteiger partial charge < -0.3 is 24.1 Å². The number of benzene rings is 2. The van der Waals surface area contributed by atoms with Crippen molar-refractivity contribution in [3.63, 3.8) is 0 Å². The predicted octanol–water partition coefficient (Wildman–Crippen LogP) is 6.04. The van der Waals surface area contributed by atoms with Crippen molar-refractivity contribution in [3.8, 4) is 11.5 Å². The summed E-state index contributed by atoms with van der Waals surface area (Å²) in [5.41, 5.74) is -1.32. The van der Waals surface area contributed by atoms with Gasteiger partial charge in [0.1, 0.15) is 16.9 Å². The van der Waals surface area contributed by atoms with E-state index in [0.717, 1.165) is 25.3 Å². The summed E-state index contributed by atoms with van der Waals surface area (Å²) in [5.74, 6) is -2.80. The van der Waals surface area contributed by atoms with Crippen molar-refractivity contribution < 1.29 is 46.9 Å². The van der Waals surface area contributed by atoms with Crippen LogP contribution in [0.15, 0.2) is 69.9 Å². The van der Waals surface area contributed by atoms with Gasteiger partial charge in [-0.2, -0.15) is 13.2 Å². The number of halogens is 3. The number of methoxy groups -OCH3 is 1. The lowest BCUT2D eigenvalue weighted by molar-refractivity contribution is -0.137. The Bertz CT molecular complexity index is 1990. The van der Waals surface area contributed by atoms with Crippen LogP contribution in [0.1, 0.15) is 88.3 Å². The normalized spacial score (nSPS) is 14.2. The number of phenols is 1. The summed E-state index contributed by atoms with van der Waals surface area (Å²) >= 11 is 5.21. The molecule has 258 valence electrons. The summed E-state index contributed by atoms with van der Waals surface area (Å²) < 4.78 is 57.2. The molecule has 0 radical (unpaired) electrons. The molecule has 0 saturated heterocycles. The summed E-state index contributed by atoms with van der Waals surface area (Å²) in [6.07, 6.45) is 4.61. The number of esters is 1. The Morgan fingerprint density at radius 2 is 1.92 bits per heavy atom. The molecule has 1 aliphatic rings. The minimum Gasteiger partial charge on any atom is -0.507 e. The van der Waals surface area contributed by atoms with Crippen LogP contribution in [-0.2, 0) is 17.3 Å².